The molecule has 110 valence electrons. The number of hydrogen-bond donors (Lipinski definition) is 0. The first-order chi connectivity index (χ1) is 10.1. The van der Waals surface area contributed by atoms with Crippen molar-refractivity contribution >= 4 is 29.0 Å². The number of halogens is 2. The van der Waals surface area contributed by atoms with E-state index in [1.54, 1.807) is 6.07 Å². The van der Waals surface area contributed by atoms with Gasteiger partial charge in [0.25, 0.3) is 0 Å². The first-order valence-electron chi connectivity index (χ1n) is 6.75. The lowest BCUT2D eigenvalue weighted by Gasteiger charge is -2.34. The number of benzene rings is 1. The summed E-state index contributed by atoms with van der Waals surface area (Å²) < 4.78 is 5.85. The van der Waals surface area contributed by atoms with Crippen LogP contribution in [0.25, 0.3) is 0 Å². The SMILES string of the molecule is Cc1nc(Cl)cc(N2CCOC(c3ccccc3Cl)C2)n1. The molecule has 1 aromatic heterocycles. The molecule has 1 atom stereocenters. The standard InChI is InChI=1S/C15H15Cl2N3O/c1-10-18-14(17)8-15(19-10)20-6-7-21-13(9-20)11-4-2-3-5-12(11)16/h2-5,8,13H,6-7,9H2,1H3. The van der Waals surface area contributed by atoms with E-state index in [1.807, 2.05) is 31.2 Å². The monoisotopic (exact) mass is 323 g/mol. The van der Waals surface area contributed by atoms with Gasteiger partial charge in [0.15, 0.2) is 0 Å². The molecule has 0 saturated carbocycles. The molecule has 0 bridgehead atoms. The lowest BCUT2D eigenvalue weighted by Crippen LogP contribution is -2.39. The average Bonchev–Trinajstić information content (AvgIpc) is 2.47. The van der Waals surface area contributed by atoms with Crippen molar-refractivity contribution in [1.82, 2.24) is 9.97 Å². The van der Waals surface area contributed by atoms with Gasteiger partial charge in [0.05, 0.1) is 6.61 Å². The Morgan fingerprint density at radius 2 is 2.05 bits per heavy atom. The molecule has 4 nitrogen and oxygen atoms in total. The Kier molecular flexibility index (Phi) is 4.29. The first-order valence-corrected chi connectivity index (χ1v) is 7.51. The first kappa shape index (κ1) is 14.6. The van der Waals surface area contributed by atoms with E-state index in [0.29, 0.717) is 24.1 Å². The second-order valence-electron chi connectivity index (χ2n) is 4.92. The second-order valence-corrected chi connectivity index (χ2v) is 5.72. The average molecular weight is 324 g/mol. The number of nitrogens with zero attached hydrogens (tertiary/aromatic N) is 3. The summed E-state index contributed by atoms with van der Waals surface area (Å²) in [6, 6.07) is 9.54. The van der Waals surface area contributed by atoms with E-state index in [2.05, 4.69) is 14.9 Å². The van der Waals surface area contributed by atoms with Gasteiger partial charge in [0.2, 0.25) is 0 Å². The number of morpholine rings is 1. The van der Waals surface area contributed by atoms with Gasteiger partial charge < -0.3 is 9.64 Å². The van der Waals surface area contributed by atoms with Gasteiger partial charge in [-0.15, -0.1) is 0 Å². The summed E-state index contributed by atoms with van der Waals surface area (Å²) in [7, 11) is 0. The number of anilines is 1. The molecule has 2 aromatic rings. The van der Waals surface area contributed by atoms with Crippen LogP contribution >= 0.6 is 23.2 Å². The molecule has 6 heteroatoms. The molecule has 2 heterocycles. The number of rotatable bonds is 2. The third-order valence-corrected chi connectivity index (χ3v) is 3.97. The van der Waals surface area contributed by atoms with E-state index < -0.39 is 0 Å². The van der Waals surface area contributed by atoms with Gasteiger partial charge in [-0.3, -0.25) is 0 Å². The smallest absolute Gasteiger partial charge is 0.134 e. The molecule has 1 aliphatic heterocycles. The van der Waals surface area contributed by atoms with Crippen LogP contribution in [-0.4, -0.2) is 29.7 Å². The third-order valence-electron chi connectivity index (χ3n) is 3.44. The zero-order valence-electron chi connectivity index (χ0n) is 11.6. The molecule has 1 fully saturated rings. The van der Waals surface area contributed by atoms with Gasteiger partial charge in [-0.2, -0.15) is 0 Å². The summed E-state index contributed by atoms with van der Waals surface area (Å²) in [5.41, 5.74) is 1.00. The minimum Gasteiger partial charge on any atom is -0.370 e. The van der Waals surface area contributed by atoms with E-state index >= 15 is 0 Å². The number of hydrogen-bond acceptors (Lipinski definition) is 4. The second kappa shape index (κ2) is 6.18. The fourth-order valence-corrected chi connectivity index (χ4v) is 2.94. The van der Waals surface area contributed by atoms with Crippen LogP contribution in [0.15, 0.2) is 30.3 Å². The Labute approximate surface area is 133 Å². The molecule has 1 aromatic carbocycles. The fourth-order valence-electron chi connectivity index (χ4n) is 2.46. The van der Waals surface area contributed by atoms with Crippen LogP contribution in [-0.2, 0) is 4.74 Å². The zero-order chi connectivity index (χ0) is 14.8. The quantitative estimate of drug-likeness (QED) is 0.790. The number of aromatic nitrogens is 2. The van der Waals surface area contributed by atoms with E-state index in [9.17, 15) is 0 Å². The van der Waals surface area contributed by atoms with E-state index in [-0.39, 0.29) is 6.10 Å². The van der Waals surface area contributed by atoms with Crippen LogP contribution in [0.2, 0.25) is 10.2 Å². The summed E-state index contributed by atoms with van der Waals surface area (Å²) in [5, 5.41) is 1.18. The van der Waals surface area contributed by atoms with Gasteiger partial charge >= 0.3 is 0 Å². The molecular weight excluding hydrogens is 309 g/mol. The Bertz CT molecular complexity index is 630. The normalized spacial score (nSPS) is 18.8. The van der Waals surface area contributed by atoms with Crippen molar-refractivity contribution in [3.8, 4) is 0 Å². The Morgan fingerprint density at radius 3 is 2.81 bits per heavy atom. The van der Waals surface area contributed by atoms with Crippen LogP contribution in [0, 0.1) is 6.92 Å². The summed E-state index contributed by atoms with van der Waals surface area (Å²) in [4.78, 5) is 10.7. The molecule has 1 aliphatic rings. The molecule has 3 rings (SSSR count). The van der Waals surface area contributed by atoms with Crippen LogP contribution < -0.4 is 4.90 Å². The van der Waals surface area contributed by atoms with Gasteiger partial charge in [0.1, 0.15) is 22.9 Å². The minimum atomic E-state index is -0.0681. The number of aryl methyl sites for hydroxylation is 1. The van der Waals surface area contributed by atoms with Gasteiger partial charge in [-0.25, -0.2) is 9.97 Å². The van der Waals surface area contributed by atoms with Gasteiger partial charge in [-0.1, -0.05) is 41.4 Å². The molecule has 0 amide bonds. The van der Waals surface area contributed by atoms with Crippen LogP contribution in [0.4, 0.5) is 5.82 Å². The largest absolute Gasteiger partial charge is 0.370 e. The maximum atomic E-state index is 6.26. The van der Waals surface area contributed by atoms with Gasteiger partial charge in [-0.05, 0) is 13.0 Å². The predicted molar refractivity (Wildman–Crippen MR) is 84.1 cm³/mol. The molecule has 0 spiro atoms. The maximum absolute atomic E-state index is 6.26. The van der Waals surface area contributed by atoms with E-state index in [0.717, 1.165) is 22.9 Å². The Balaban J connectivity index is 1.84. The van der Waals surface area contributed by atoms with Crippen LogP contribution in [0.3, 0.4) is 0 Å². The Morgan fingerprint density at radius 1 is 1.24 bits per heavy atom. The van der Waals surface area contributed by atoms with Crippen molar-refractivity contribution in [3.05, 3.63) is 51.9 Å². The van der Waals surface area contributed by atoms with Crippen LogP contribution in [0.1, 0.15) is 17.5 Å². The summed E-state index contributed by atoms with van der Waals surface area (Å²) in [5.74, 6) is 1.49. The molecule has 21 heavy (non-hydrogen) atoms. The summed E-state index contributed by atoms with van der Waals surface area (Å²) in [6.45, 7) is 3.92. The topological polar surface area (TPSA) is 38.2 Å². The van der Waals surface area contributed by atoms with Crippen molar-refractivity contribution in [2.45, 2.75) is 13.0 Å². The predicted octanol–water partition coefficient (Wildman–Crippen LogP) is 3.67. The van der Waals surface area contributed by atoms with E-state index in [1.165, 1.54) is 0 Å². The molecular formula is C15H15Cl2N3O. The van der Waals surface area contributed by atoms with Gasteiger partial charge in [0, 0.05) is 29.7 Å². The maximum Gasteiger partial charge on any atom is 0.134 e. The minimum absolute atomic E-state index is 0.0681. The zero-order valence-corrected chi connectivity index (χ0v) is 13.1. The highest BCUT2D eigenvalue weighted by Gasteiger charge is 2.24. The van der Waals surface area contributed by atoms with Crippen molar-refractivity contribution < 1.29 is 4.74 Å². The molecule has 0 N–H and O–H groups in total. The highest BCUT2D eigenvalue weighted by atomic mass is 35.5. The lowest BCUT2D eigenvalue weighted by atomic mass is 10.1. The third kappa shape index (κ3) is 3.28. The van der Waals surface area contributed by atoms with Crippen molar-refractivity contribution in [2.75, 3.05) is 24.6 Å². The molecule has 0 radical (unpaired) electrons. The lowest BCUT2D eigenvalue weighted by molar-refractivity contribution is 0.0396. The van der Waals surface area contributed by atoms with E-state index in [4.69, 9.17) is 27.9 Å². The number of ether oxygens (including phenoxy) is 1. The van der Waals surface area contributed by atoms with Crippen molar-refractivity contribution in [1.29, 1.82) is 0 Å². The summed E-state index contributed by atoms with van der Waals surface area (Å²) in [6.07, 6.45) is -0.0681. The van der Waals surface area contributed by atoms with Crippen LogP contribution in [0.5, 0.6) is 0 Å². The summed E-state index contributed by atoms with van der Waals surface area (Å²) >= 11 is 12.3. The highest BCUT2D eigenvalue weighted by Crippen LogP contribution is 2.30. The molecule has 1 saturated heterocycles. The molecule has 1 unspecified atom stereocenters. The fraction of sp³-hybridized carbons (Fsp3) is 0.333. The highest BCUT2D eigenvalue weighted by molar-refractivity contribution is 6.31. The Hall–Kier alpha value is -1.36. The van der Waals surface area contributed by atoms with Crippen molar-refractivity contribution in [3.63, 3.8) is 0 Å². The molecule has 0 aliphatic carbocycles. The van der Waals surface area contributed by atoms with Crippen molar-refractivity contribution in [2.24, 2.45) is 0 Å².